The molecule has 0 saturated heterocycles. The van der Waals surface area contributed by atoms with Gasteiger partial charge in [0.15, 0.2) is 0 Å². The van der Waals surface area contributed by atoms with Crippen LogP contribution in [0.25, 0.3) is 0 Å². The van der Waals surface area contributed by atoms with Gasteiger partial charge in [0.1, 0.15) is 5.00 Å². The number of ether oxygens (including phenoxy) is 1. The average molecular weight is 316 g/mol. The molecule has 1 heterocycles. The fourth-order valence-electron chi connectivity index (χ4n) is 2.43. The summed E-state index contributed by atoms with van der Waals surface area (Å²) in [4.78, 5) is 24.9. The maximum Gasteiger partial charge on any atom is 0.341 e. The van der Waals surface area contributed by atoms with E-state index in [1.807, 2.05) is 0 Å². The number of carbonyl (C=O) groups excluding carboxylic acids is 2. The molecule has 1 N–H and O–H groups in total. The van der Waals surface area contributed by atoms with Crippen LogP contribution in [0.4, 0.5) is 5.00 Å². The van der Waals surface area contributed by atoms with Crippen LogP contribution in [0.2, 0.25) is 0 Å². The number of halogens is 1. The Labute approximate surface area is 127 Å². The SMILES string of the molecule is COC(=O)c1c(NC(=O)CCCl)sc2c1CC[C@H](C)C2. The van der Waals surface area contributed by atoms with Crippen molar-refractivity contribution in [3.05, 3.63) is 16.0 Å². The molecule has 1 aliphatic rings. The van der Waals surface area contributed by atoms with Crippen LogP contribution in [0.3, 0.4) is 0 Å². The van der Waals surface area contributed by atoms with Crippen LogP contribution in [0, 0.1) is 5.92 Å². The molecule has 20 heavy (non-hydrogen) atoms. The third kappa shape index (κ3) is 3.15. The molecule has 6 heteroatoms. The number of amides is 1. The van der Waals surface area contributed by atoms with Crippen molar-refractivity contribution in [3.63, 3.8) is 0 Å². The molecule has 1 aromatic rings. The number of thiophene rings is 1. The molecule has 2 rings (SSSR count). The van der Waals surface area contributed by atoms with Crippen LogP contribution in [0.1, 0.15) is 40.6 Å². The zero-order chi connectivity index (χ0) is 14.7. The molecule has 0 fully saturated rings. The Kier molecular flexibility index (Phi) is 5.05. The molecule has 1 atom stereocenters. The summed E-state index contributed by atoms with van der Waals surface area (Å²) < 4.78 is 4.86. The number of hydrogen-bond acceptors (Lipinski definition) is 4. The predicted octanol–water partition coefficient (Wildman–Crippen LogP) is 3.23. The first-order chi connectivity index (χ1) is 9.56. The van der Waals surface area contributed by atoms with Gasteiger partial charge in [-0.25, -0.2) is 4.79 Å². The van der Waals surface area contributed by atoms with Gasteiger partial charge in [-0.1, -0.05) is 6.92 Å². The van der Waals surface area contributed by atoms with Crippen LogP contribution < -0.4 is 5.32 Å². The average Bonchev–Trinajstić information content (AvgIpc) is 2.74. The summed E-state index contributed by atoms with van der Waals surface area (Å²) in [6, 6.07) is 0. The second kappa shape index (κ2) is 6.59. The van der Waals surface area contributed by atoms with Gasteiger partial charge in [-0.2, -0.15) is 0 Å². The maximum absolute atomic E-state index is 12.0. The summed E-state index contributed by atoms with van der Waals surface area (Å²) in [6.07, 6.45) is 3.11. The molecular weight excluding hydrogens is 298 g/mol. The van der Waals surface area contributed by atoms with Gasteiger partial charge in [-0.3, -0.25) is 4.79 Å². The number of fused-ring (bicyclic) bond motifs is 1. The van der Waals surface area contributed by atoms with E-state index in [-0.39, 0.29) is 24.2 Å². The third-order valence-electron chi connectivity index (χ3n) is 3.48. The highest BCUT2D eigenvalue weighted by Crippen LogP contribution is 2.40. The van der Waals surface area contributed by atoms with Crippen LogP contribution in [0.15, 0.2) is 0 Å². The lowest BCUT2D eigenvalue weighted by Gasteiger charge is -2.18. The summed E-state index contributed by atoms with van der Waals surface area (Å²) in [5, 5.41) is 3.40. The largest absolute Gasteiger partial charge is 0.465 e. The highest BCUT2D eigenvalue weighted by Gasteiger charge is 2.28. The first kappa shape index (κ1) is 15.3. The van der Waals surface area contributed by atoms with Crippen molar-refractivity contribution in [1.82, 2.24) is 0 Å². The van der Waals surface area contributed by atoms with E-state index in [2.05, 4.69) is 12.2 Å². The fourth-order valence-corrected chi connectivity index (χ4v) is 4.02. The number of esters is 1. The normalized spacial score (nSPS) is 17.4. The van der Waals surface area contributed by atoms with Gasteiger partial charge in [0, 0.05) is 17.2 Å². The van der Waals surface area contributed by atoms with Crippen molar-refractivity contribution in [1.29, 1.82) is 0 Å². The summed E-state index contributed by atoms with van der Waals surface area (Å²) in [6.45, 7) is 2.20. The van der Waals surface area contributed by atoms with Gasteiger partial charge >= 0.3 is 5.97 Å². The Morgan fingerprint density at radius 2 is 2.25 bits per heavy atom. The summed E-state index contributed by atoms with van der Waals surface area (Å²) in [5.41, 5.74) is 1.57. The molecule has 1 aromatic heterocycles. The first-order valence-corrected chi connectivity index (χ1v) is 8.00. The van der Waals surface area contributed by atoms with Crippen molar-refractivity contribution in [2.75, 3.05) is 18.3 Å². The second-order valence-electron chi connectivity index (χ2n) is 5.03. The number of carbonyl (C=O) groups is 2. The number of alkyl halides is 1. The highest BCUT2D eigenvalue weighted by atomic mass is 35.5. The minimum Gasteiger partial charge on any atom is -0.465 e. The number of methoxy groups -OCH3 is 1. The van der Waals surface area contributed by atoms with Crippen molar-refractivity contribution in [3.8, 4) is 0 Å². The molecule has 110 valence electrons. The highest BCUT2D eigenvalue weighted by molar-refractivity contribution is 7.17. The van der Waals surface area contributed by atoms with Crippen molar-refractivity contribution in [2.24, 2.45) is 5.92 Å². The summed E-state index contributed by atoms with van der Waals surface area (Å²) >= 11 is 7.05. The number of hydrogen-bond donors (Lipinski definition) is 1. The molecule has 0 unspecified atom stereocenters. The molecule has 0 aliphatic heterocycles. The van der Waals surface area contributed by atoms with Crippen molar-refractivity contribution in [2.45, 2.75) is 32.6 Å². The van der Waals surface area contributed by atoms with E-state index < -0.39 is 0 Å². The maximum atomic E-state index is 12.0. The van der Waals surface area contributed by atoms with Gasteiger partial charge in [-0.15, -0.1) is 22.9 Å². The second-order valence-corrected chi connectivity index (χ2v) is 6.52. The van der Waals surface area contributed by atoms with Crippen molar-refractivity contribution >= 4 is 39.8 Å². The molecule has 4 nitrogen and oxygen atoms in total. The molecule has 0 spiro atoms. The Balaban J connectivity index is 2.35. The van der Waals surface area contributed by atoms with Crippen molar-refractivity contribution < 1.29 is 14.3 Å². The van der Waals surface area contributed by atoms with Crippen LogP contribution in [-0.2, 0) is 22.4 Å². The van der Waals surface area contributed by atoms with E-state index in [9.17, 15) is 9.59 Å². The van der Waals surface area contributed by atoms with Crippen LogP contribution >= 0.6 is 22.9 Å². The molecule has 0 aromatic carbocycles. The Morgan fingerprint density at radius 3 is 2.90 bits per heavy atom. The van der Waals surface area contributed by atoms with E-state index in [1.165, 1.54) is 23.3 Å². The van der Waals surface area contributed by atoms with Gasteiger partial charge in [-0.05, 0) is 30.7 Å². The smallest absolute Gasteiger partial charge is 0.341 e. The summed E-state index contributed by atoms with van der Waals surface area (Å²) in [5.74, 6) is 0.328. The molecule has 1 aliphatic carbocycles. The molecule has 1 amide bonds. The Bertz CT molecular complexity index is 527. The standard InChI is InChI=1S/C14H18ClNO3S/c1-8-3-4-9-10(7-8)20-13(12(9)14(18)19-2)16-11(17)5-6-15/h8H,3-7H2,1-2H3,(H,16,17)/t8-/m0/s1. The third-order valence-corrected chi connectivity index (χ3v) is 4.83. The number of anilines is 1. The lowest BCUT2D eigenvalue weighted by atomic mass is 9.88. The van der Waals surface area contributed by atoms with E-state index in [0.717, 1.165) is 24.8 Å². The molecule has 0 bridgehead atoms. The zero-order valence-electron chi connectivity index (χ0n) is 11.6. The lowest BCUT2D eigenvalue weighted by molar-refractivity contribution is -0.115. The summed E-state index contributed by atoms with van der Waals surface area (Å²) in [7, 11) is 1.36. The topological polar surface area (TPSA) is 55.4 Å². The van der Waals surface area contributed by atoms with Crippen LogP contribution in [-0.4, -0.2) is 24.9 Å². The van der Waals surface area contributed by atoms with Gasteiger partial charge in [0.25, 0.3) is 0 Å². The Morgan fingerprint density at radius 1 is 1.50 bits per heavy atom. The minimum absolute atomic E-state index is 0.170. The van der Waals surface area contributed by atoms with Gasteiger partial charge in [0.2, 0.25) is 5.91 Å². The van der Waals surface area contributed by atoms with E-state index >= 15 is 0 Å². The monoisotopic (exact) mass is 315 g/mol. The van der Waals surface area contributed by atoms with E-state index in [1.54, 1.807) is 0 Å². The zero-order valence-corrected chi connectivity index (χ0v) is 13.2. The molecule has 0 saturated carbocycles. The fraction of sp³-hybridized carbons (Fsp3) is 0.571. The van der Waals surface area contributed by atoms with Gasteiger partial charge < -0.3 is 10.1 Å². The number of nitrogens with one attached hydrogen (secondary N) is 1. The van der Waals surface area contributed by atoms with E-state index in [0.29, 0.717) is 16.5 Å². The first-order valence-electron chi connectivity index (χ1n) is 6.65. The molecular formula is C14H18ClNO3S. The van der Waals surface area contributed by atoms with E-state index in [4.69, 9.17) is 16.3 Å². The minimum atomic E-state index is -0.377. The van der Waals surface area contributed by atoms with Crippen LogP contribution in [0.5, 0.6) is 0 Å². The van der Waals surface area contributed by atoms with Gasteiger partial charge in [0.05, 0.1) is 12.7 Å². The Hall–Kier alpha value is -1.07. The predicted molar refractivity (Wildman–Crippen MR) is 80.8 cm³/mol. The number of rotatable bonds is 4. The quantitative estimate of drug-likeness (QED) is 0.685. The molecule has 0 radical (unpaired) electrons. The lowest BCUT2D eigenvalue weighted by Crippen LogP contribution is -2.16.